The normalized spacial score (nSPS) is 27.6. The molecule has 1 atom stereocenters. The van der Waals surface area contributed by atoms with E-state index in [1.807, 2.05) is 24.3 Å². The van der Waals surface area contributed by atoms with E-state index < -0.39 is 11.3 Å². The second-order valence-electron chi connectivity index (χ2n) is 6.08. The minimum Gasteiger partial charge on any atom is -0.369 e. The van der Waals surface area contributed by atoms with Crippen LogP contribution in [0.2, 0.25) is 0 Å². The molecule has 1 amide bonds. The van der Waals surface area contributed by atoms with Crippen LogP contribution in [0.1, 0.15) is 28.8 Å². The van der Waals surface area contributed by atoms with Crippen molar-refractivity contribution in [1.29, 1.82) is 0 Å². The summed E-state index contributed by atoms with van der Waals surface area (Å²) < 4.78 is 0. The highest BCUT2D eigenvalue weighted by molar-refractivity contribution is 6.17. The van der Waals surface area contributed by atoms with Crippen LogP contribution in [-0.2, 0) is 11.2 Å². The zero-order chi connectivity index (χ0) is 14.3. The average Bonchev–Trinajstić information content (AvgIpc) is 2.75. The maximum absolute atomic E-state index is 12.8. The molecule has 0 radical (unpaired) electrons. The van der Waals surface area contributed by atoms with Gasteiger partial charge >= 0.3 is 0 Å². The molecule has 0 saturated carbocycles. The number of primary amides is 1. The van der Waals surface area contributed by atoms with Gasteiger partial charge in [0.2, 0.25) is 5.91 Å². The van der Waals surface area contributed by atoms with Gasteiger partial charge in [0, 0.05) is 5.56 Å². The van der Waals surface area contributed by atoms with Crippen LogP contribution in [0, 0.1) is 11.3 Å². The van der Waals surface area contributed by atoms with Crippen LogP contribution < -0.4 is 5.73 Å². The number of ketones is 1. The average molecular weight is 272 g/mol. The number of Topliss-reactive ketones (excluding diaryl/α,β-unsaturated/α-hetero) is 1. The van der Waals surface area contributed by atoms with E-state index in [4.69, 9.17) is 5.73 Å². The van der Waals surface area contributed by atoms with Gasteiger partial charge in [-0.3, -0.25) is 9.59 Å². The topological polar surface area (TPSA) is 63.4 Å². The number of likely N-dealkylation sites (tertiary alicyclic amines) is 1. The Hall–Kier alpha value is -1.68. The highest BCUT2D eigenvalue weighted by Gasteiger charge is 2.55. The summed E-state index contributed by atoms with van der Waals surface area (Å²) in [5.41, 5.74) is 6.34. The number of hydrogen-bond donors (Lipinski definition) is 1. The van der Waals surface area contributed by atoms with Gasteiger partial charge in [-0.1, -0.05) is 24.3 Å². The van der Waals surface area contributed by atoms with E-state index in [1.54, 1.807) is 0 Å². The first kappa shape index (κ1) is 13.3. The Morgan fingerprint density at radius 3 is 2.55 bits per heavy atom. The molecule has 0 bridgehead atoms. The van der Waals surface area contributed by atoms with E-state index in [2.05, 4.69) is 11.9 Å². The summed E-state index contributed by atoms with van der Waals surface area (Å²) in [6.07, 6.45) is 2.20. The van der Waals surface area contributed by atoms with Crippen LogP contribution in [-0.4, -0.2) is 36.7 Å². The molecule has 1 fully saturated rings. The van der Waals surface area contributed by atoms with Gasteiger partial charge in [0.1, 0.15) is 5.41 Å². The van der Waals surface area contributed by atoms with Gasteiger partial charge < -0.3 is 10.6 Å². The van der Waals surface area contributed by atoms with Crippen molar-refractivity contribution < 1.29 is 9.59 Å². The highest BCUT2D eigenvalue weighted by Crippen LogP contribution is 2.46. The second kappa shape index (κ2) is 4.70. The van der Waals surface area contributed by atoms with E-state index in [9.17, 15) is 9.59 Å². The van der Waals surface area contributed by atoms with Gasteiger partial charge in [-0.15, -0.1) is 0 Å². The number of fused-ring (bicyclic) bond motifs is 1. The Bertz CT molecular complexity index is 561. The molecule has 106 valence electrons. The summed E-state index contributed by atoms with van der Waals surface area (Å²) in [6.45, 7) is 1.84. The fourth-order valence-corrected chi connectivity index (χ4v) is 3.75. The van der Waals surface area contributed by atoms with Crippen LogP contribution in [0.25, 0.3) is 0 Å². The Kier molecular flexibility index (Phi) is 3.13. The predicted octanol–water partition coefficient (Wildman–Crippen LogP) is 1.24. The van der Waals surface area contributed by atoms with Gasteiger partial charge in [-0.2, -0.15) is 0 Å². The quantitative estimate of drug-likeness (QED) is 0.824. The van der Waals surface area contributed by atoms with Crippen molar-refractivity contribution in [2.75, 3.05) is 20.1 Å². The molecule has 1 aliphatic carbocycles. The number of hydrogen-bond acceptors (Lipinski definition) is 3. The number of piperidine rings is 1. The lowest BCUT2D eigenvalue weighted by Gasteiger charge is -2.38. The molecule has 1 aromatic rings. The standard InChI is InChI=1S/C16H20N2O2/c1-18-8-6-12(7-9-18)16(15(17)20)10-11-4-2-3-5-13(11)14(16)19/h2-5,12H,6-10H2,1H3,(H2,17,20). The largest absolute Gasteiger partial charge is 0.369 e. The van der Waals surface area contributed by atoms with E-state index in [0.717, 1.165) is 31.5 Å². The molecule has 1 unspecified atom stereocenters. The van der Waals surface area contributed by atoms with Gasteiger partial charge in [-0.25, -0.2) is 0 Å². The van der Waals surface area contributed by atoms with Crippen molar-refractivity contribution in [2.24, 2.45) is 17.1 Å². The first-order chi connectivity index (χ1) is 9.55. The lowest BCUT2D eigenvalue weighted by Crippen LogP contribution is -2.51. The molecule has 3 rings (SSSR count). The molecule has 1 aliphatic heterocycles. The number of nitrogens with two attached hydrogens (primary N) is 1. The molecule has 4 nitrogen and oxygen atoms in total. The number of benzene rings is 1. The summed E-state index contributed by atoms with van der Waals surface area (Å²) in [5, 5.41) is 0. The first-order valence-corrected chi connectivity index (χ1v) is 7.17. The number of carbonyl (C=O) groups excluding carboxylic acids is 2. The van der Waals surface area contributed by atoms with Gasteiger partial charge in [-0.05, 0) is 50.9 Å². The molecule has 0 spiro atoms. The molecule has 0 aromatic heterocycles. The van der Waals surface area contributed by atoms with Crippen molar-refractivity contribution in [1.82, 2.24) is 4.90 Å². The number of nitrogens with zero attached hydrogens (tertiary/aromatic N) is 1. The van der Waals surface area contributed by atoms with E-state index in [-0.39, 0.29) is 11.7 Å². The van der Waals surface area contributed by atoms with Gasteiger partial charge in [0.05, 0.1) is 0 Å². The zero-order valence-electron chi connectivity index (χ0n) is 11.8. The number of rotatable bonds is 2. The van der Waals surface area contributed by atoms with Crippen LogP contribution in [0.4, 0.5) is 0 Å². The lowest BCUT2D eigenvalue weighted by atomic mass is 9.67. The third kappa shape index (κ3) is 1.79. The van der Waals surface area contributed by atoms with Crippen LogP contribution in [0.15, 0.2) is 24.3 Å². The third-order valence-corrected chi connectivity index (χ3v) is 4.99. The lowest BCUT2D eigenvalue weighted by molar-refractivity contribution is -0.128. The molecule has 1 aromatic carbocycles. The van der Waals surface area contributed by atoms with Crippen LogP contribution in [0.5, 0.6) is 0 Å². The third-order valence-electron chi connectivity index (χ3n) is 4.99. The van der Waals surface area contributed by atoms with Crippen molar-refractivity contribution in [3.8, 4) is 0 Å². The fourth-order valence-electron chi connectivity index (χ4n) is 3.75. The minimum atomic E-state index is -1.01. The second-order valence-corrected chi connectivity index (χ2v) is 6.08. The molecule has 1 saturated heterocycles. The first-order valence-electron chi connectivity index (χ1n) is 7.17. The zero-order valence-corrected chi connectivity index (χ0v) is 11.8. The Labute approximate surface area is 118 Å². The van der Waals surface area contributed by atoms with Crippen molar-refractivity contribution in [2.45, 2.75) is 19.3 Å². The smallest absolute Gasteiger partial charge is 0.232 e. The number of carbonyl (C=O) groups is 2. The van der Waals surface area contributed by atoms with Gasteiger partial charge in [0.15, 0.2) is 5.78 Å². The van der Waals surface area contributed by atoms with Crippen LogP contribution in [0.3, 0.4) is 0 Å². The number of amides is 1. The Morgan fingerprint density at radius 1 is 1.30 bits per heavy atom. The van der Waals surface area contributed by atoms with Gasteiger partial charge in [0.25, 0.3) is 0 Å². The molecule has 20 heavy (non-hydrogen) atoms. The molecular formula is C16H20N2O2. The summed E-state index contributed by atoms with van der Waals surface area (Å²) in [6, 6.07) is 7.52. The summed E-state index contributed by atoms with van der Waals surface area (Å²) >= 11 is 0. The van der Waals surface area contributed by atoms with Crippen molar-refractivity contribution in [3.05, 3.63) is 35.4 Å². The molecule has 1 heterocycles. The van der Waals surface area contributed by atoms with Crippen molar-refractivity contribution in [3.63, 3.8) is 0 Å². The van der Waals surface area contributed by atoms with Crippen LogP contribution >= 0.6 is 0 Å². The molecule has 2 N–H and O–H groups in total. The SMILES string of the molecule is CN1CCC(C2(C(N)=O)Cc3ccccc3C2=O)CC1. The highest BCUT2D eigenvalue weighted by atomic mass is 16.2. The maximum atomic E-state index is 12.8. The monoisotopic (exact) mass is 272 g/mol. The van der Waals surface area contributed by atoms with E-state index in [1.165, 1.54) is 0 Å². The van der Waals surface area contributed by atoms with E-state index >= 15 is 0 Å². The molecule has 4 heteroatoms. The van der Waals surface area contributed by atoms with Crippen molar-refractivity contribution >= 4 is 11.7 Å². The van der Waals surface area contributed by atoms with E-state index in [0.29, 0.717) is 12.0 Å². The Balaban J connectivity index is 1.99. The Morgan fingerprint density at radius 2 is 1.95 bits per heavy atom. The summed E-state index contributed by atoms with van der Waals surface area (Å²) in [5.74, 6) is -0.445. The fraction of sp³-hybridized carbons (Fsp3) is 0.500. The molecular weight excluding hydrogens is 252 g/mol. The maximum Gasteiger partial charge on any atom is 0.232 e. The predicted molar refractivity (Wildman–Crippen MR) is 76.3 cm³/mol. The molecule has 2 aliphatic rings. The summed E-state index contributed by atoms with van der Waals surface area (Å²) in [4.78, 5) is 27.2. The summed E-state index contributed by atoms with van der Waals surface area (Å²) in [7, 11) is 2.07. The minimum absolute atomic E-state index is 0.0600.